The molecule has 0 aliphatic rings. The van der Waals surface area contributed by atoms with Gasteiger partial charge in [-0.05, 0) is 31.1 Å². The number of carbonyl (C=O) groups is 1. The van der Waals surface area contributed by atoms with Gasteiger partial charge >= 0.3 is 0 Å². The van der Waals surface area contributed by atoms with Gasteiger partial charge in [-0.25, -0.2) is 4.98 Å². The third-order valence-corrected chi connectivity index (χ3v) is 3.76. The highest BCUT2D eigenvalue weighted by atomic mass is 79.9. The van der Waals surface area contributed by atoms with E-state index in [9.17, 15) is 14.7 Å². The zero-order valence-electron chi connectivity index (χ0n) is 12.0. The quantitative estimate of drug-likeness (QED) is 0.602. The molecule has 0 amide bonds. The van der Waals surface area contributed by atoms with E-state index in [1.807, 2.05) is 0 Å². The smallest absolute Gasteiger partial charge is 0.261 e. The van der Waals surface area contributed by atoms with Crippen LogP contribution in [0, 0.1) is 0 Å². The molecule has 5 nitrogen and oxygen atoms in total. The van der Waals surface area contributed by atoms with E-state index in [0.717, 1.165) is 11.8 Å². The highest BCUT2D eigenvalue weighted by Gasteiger charge is 2.06. The number of hydrogen-bond acceptors (Lipinski definition) is 4. The number of alkyl halides is 1. The molecule has 0 fully saturated rings. The van der Waals surface area contributed by atoms with Crippen LogP contribution in [0.2, 0.25) is 0 Å². The zero-order valence-corrected chi connectivity index (χ0v) is 13.6. The molecule has 0 bridgehead atoms. The summed E-state index contributed by atoms with van der Waals surface area (Å²) in [5, 5.41) is 10.9. The van der Waals surface area contributed by atoms with Crippen molar-refractivity contribution in [2.75, 3.05) is 5.33 Å². The number of ketones is 1. The van der Waals surface area contributed by atoms with Gasteiger partial charge in [0.2, 0.25) is 0 Å². The Morgan fingerprint density at radius 1 is 1.41 bits per heavy atom. The number of hydrogen-bond donors (Lipinski definition) is 1. The fourth-order valence-corrected chi connectivity index (χ4v) is 2.36. The number of aliphatic hydroxyl groups is 1. The van der Waals surface area contributed by atoms with Crippen LogP contribution in [0.4, 0.5) is 0 Å². The zero-order chi connectivity index (χ0) is 15.9. The first kappa shape index (κ1) is 16.6. The lowest BCUT2D eigenvalue weighted by atomic mass is 10.2. The van der Waals surface area contributed by atoms with Gasteiger partial charge in [-0.1, -0.05) is 34.1 Å². The van der Waals surface area contributed by atoms with Crippen molar-refractivity contribution in [1.82, 2.24) is 9.55 Å². The second-order valence-electron chi connectivity index (χ2n) is 4.92. The van der Waals surface area contributed by atoms with Crippen molar-refractivity contribution < 1.29 is 9.90 Å². The number of allylic oxidation sites excluding steroid dienone is 1. The van der Waals surface area contributed by atoms with Crippen molar-refractivity contribution in [1.29, 1.82) is 0 Å². The number of aromatic nitrogens is 2. The number of benzene rings is 1. The first-order valence-electron chi connectivity index (χ1n) is 7.01. The maximum atomic E-state index is 12.2. The average molecular weight is 365 g/mol. The molecule has 2 rings (SSSR count). The van der Waals surface area contributed by atoms with E-state index >= 15 is 0 Å². The fourth-order valence-electron chi connectivity index (χ4n) is 2.04. The predicted octanol–water partition coefficient (Wildman–Crippen LogP) is 2.06. The van der Waals surface area contributed by atoms with Gasteiger partial charge in [0.25, 0.3) is 5.56 Å². The van der Waals surface area contributed by atoms with Gasteiger partial charge in [-0.15, -0.1) is 0 Å². The SMILES string of the molecule is O=C(C=CC(O)CCCBr)Cn1cnc2ccccc2c1=O. The molecule has 22 heavy (non-hydrogen) atoms. The van der Waals surface area contributed by atoms with Crippen LogP contribution in [-0.4, -0.2) is 31.9 Å². The van der Waals surface area contributed by atoms with Gasteiger partial charge in [0.15, 0.2) is 5.78 Å². The monoisotopic (exact) mass is 364 g/mol. The van der Waals surface area contributed by atoms with Crippen LogP contribution >= 0.6 is 15.9 Å². The Morgan fingerprint density at radius 3 is 2.95 bits per heavy atom. The first-order chi connectivity index (χ1) is 10.6. The van der Waals surface area contributed by atoms with Gasteiger partial charge in [-0.3, -0.25) is 14.2 Å². The molecule has 1 aromatic carbocycles. The molecule has 2 aromatic rings. The van der Waals surface area contributed by atoms with Crippen molar-refractivity contribution in [3.8, 4) is 0 Å². The summed E-state index contributed by atoms with van der Waals surface area (Å²) in [5.41, 5.74) is 0.365. The molecular formula is C16H17BrN2O3. The molecular weight excluding hydrogens is 348 g/mol. The molecule has 1 atom stereocenters. The van der Waals surface area contributed by atoms with Crippen molar-refractivity contribution >= 4 is 32.6 Å². The van der Waals surface area contributed by atoms with Crippen molar-refractivity contribution in [3.05, 3.63) is 53.1 Å². The number of carbonyl (C=O) groups excluding carboxylic acids is 1. The summed E-state index contributed by atoms with van der Waals surface area (Å²) in [5.74, 6) is -0.253. The van der Waals surface area contributed by atoms with Gasteiger partial charge in [0.05, 0.1) is 29.9 Å². The van der Waals surface area contributed by atoms with E-state index in [2.05, 4.69) is 20.9 Å². The Labute approximate surface area is 136 Å². The summed E-state index contributed by atoms with van der Waals surface area (Å²) in [4.78, 5) is 28.3. The summed E-state index contributed by atoms with van der Waals surface area (Å²) in [6, 6.07) is 7.01. The van der Waals surface area contributed by atoms with Gasteiger partial charge < -0.3 is 5.11 Å². The molecule has 6 heteroatoms. The number of aliphatic hydroxyl groups excluding tert-OH is 1. The largest absolute Gasteiger partial charge is 0.389 e. The number of halogens is 1. The number of nitrogens with zero attached hydrogens (tertiary/aromatic N) is 2. The first-order valence-corrected chi connectivity index (χ1v) is 8.13. The molecule has 0 saturated heterocycles. The van der Waals surface area contributed by atoms with E-state index in [1.54, 1.807) is 24.3 Å². The molecule has 1 N–H and O–H groups in total. The minimum atomic E-state index is -0.645. The second-order valence-corrected chi connectivity index (χ2v) is 5.71. The Hall–Kier alpha value is -1.79. The third kappa shape index (κ3) is 4.35. The lowest BCUT2D eigenvalue weighted by molar-refractivity contribution is -0.115. The number of rotatable bonds is 7. The Morgan fingerprint density at radius 2 is 2.18 bits per heavy atom. The molecule has 0 spiro atoms. The summed E-state index contributed by atoms with van der Waals surface area (Å²) in [6.45, 7) is -0.0850. The lowest BCUT2D eigenvalue weighted by Crippen LogP contribution is -2.24. The predicted molar refractivity (Wildman–Crippen MR) is 89.2 cm³/mol. The minimum Gasteiger partial charge on any atom is -0.389 e. The third-order valence-electron chi connectivity index (χ3n) is 3.20. The molecule has 0 saturated carbocycles. The van der Waals surface area contributed by atoms with E-state index in [-0.39, 0.29) is 17.9 Å². The Bertz CT molecular complexity index is 739. The summed E-state index contributed by atoms with van der Waals surface area (Å²) >= 11 is 3.28. The number of fused-ring (bicyclic) bond motifs is 1. The molecule has 1 unspecified atom stereocenters. The normalized spacial score (nSPS) is 12.8. The molecule has 0 radical (unpaired) electrons. The molecule has 1 aromatic heterocycles. The average Bonchev–Trinajstić information content (AvgIpc) is 2.54. The lowest BCUT2D eigenvalue weighted by Gasteiger charge is -2.05. The Kier molecular flexibility index (Phi) is 6.03. The molecule has 116 valence electrons. The van der Waals surface area contributed by atoms with E-state index < -0.39 is 6.10 Å². The van der Waals surface area contributed by atoms with Crippen LogP contribution in [0.3, 0.4) is 0 Å². The van der Waals surface area contributed by atoms with Crippen molar-refractivity contribution in [2.45, 2.75) is 25.5 Å². The van der Waals surface area contributed by atoms with Crippen LogP contribution in [-0.2, 0) is 11.3 Å². The van der Waals surface area contributed by atoms with Crippen LogP contribution in [0.25, 0.3) is 10.9 Å². The molecule has 1 heterocycles. The van der Waals surface area contributed by atoms with Crippen LogP contribution in [0.5, 0.6) is 0 Å². The number of para-hydroxylation sites is 1. The maximum absolute atomic E-state index is 12.2. The molecule has 0 aliphatic carbocycles. The minimum absolute atomic E-state index is 0.0850. The summed E-state index contributed by atoms with van der Waals surface area (Å²) in [6.07, 6.45) is 4.93. The topological polar surface area (TPSA) is 72.2 Å². The molecule has 0 aliphatic heterocycles. The van der Waals surface area contributed by atoms with Crippen LogP contribution in [0.1, 0.15) is 12.8 Å². The summed E-state index contributed by atoms with van der Waals surface area (Å²) < 4.78 is 1.28. The van der Waals surface area contributed by atoms with E-state index in [0.29, 0.717) is 17.3 Å². The van der Waals surface area contributed by atoms with Gasteiger partial charge in [-0.2, -0.15) is 0 Å². The van der Waals surface area contributed by atoms with Crippen LogP contribution < -0.4 is 5.56 Å². The van der Waals surface area contributed by atoms with E-state index in [1.165, 1.54) is 23.0 Å². The summed E-state index contributed by atoms with van der Waals surface area (Å²) in [7, 11) is 0. The van der Waals surface area contributed by atoms with Crippen molar-refractivity contribution in [2.24, 2.45) is 0 Å². The second kappa shape index (κ2) is 8.00. The fraction of sp³-hybridized carbons (Fsp3) is 0.312. The van der Waals surface area contributed by atoms with Crippen LogP contribution in [0.15, 0.2) is 47.5 Å². The highest BCUT2D eigenvalue weighted by Crippen LogP contribution is 2.05. The van der Waals surface area contributed by atoms with Gasteiger partial charge in [0.1, 0.15) is 0 Å². The Balaban J connectivity index is 2.07. The highest BCUT2D eigenvalue weighted by molar-refractivity contribution is 9.09. The van der Waals surface area contributed by atoms with E-state index in [4.69, 9.17) is 0 Å². The van der Waals surface area contributed by atoms with Gasteiger partial charge in [0, 0.05) is 5.33 Å². The maximum Gasteiger partial charge on any atom is 0.261 e. The standard InChI is InChI=1S/C16H17BrN2O3/c17-9-3-4-12(20)7-8-13(21)10-19-11-18-15-6-2-1-5-14(15)16(19)22/h1-2,5-8,11-12,20H,3-4,9-10H2. The van der Waals surface area contributed by atoms with Crippen molar-refractivity contribution in [3.63, 3.8) is 0 Å².